The van der Waals surface area contributed by atoms with Gasteiger partial charge in [-0.1, -0.05) is 25.1 Å². The molecule has 1 amide bonds. The third-order valence-electron chi connectivity index (χ3n) is 4.90. The van der Waals surface area contributed by atoms with Crippen molar-refractivity contribution in [1.29, 1.82) is 0 Å². The lowest BCUT2D eigenvalue weighted by molar-refractivity contribution is 0.0945. The Kier molecular flexibility index (Phi) is 6.04. The van der Waals surface area contributed by atoms with E-state index in [4.69, 9.17) is 4.74 Å². The Balaban J connectivity index is 1.63. The Hall–Kier alpha value is -2.63. The fraction of sp³-hybridized carbons (Fsp3) is 0.450. The number of methoxy groups -OCH3 is 1. The molecule has 1 saturated heterocycles. The minimum atomic E-state index is -0.236. The maximum Gasteiger partial charge on any atom is 0.271 e. The minimum Gasteiger partial charge on any atom is -0.496 e. The largest absolute Gasteiger partial charge is 0.496 e. The lowest BCUT2D eigenvalue weighted by Gasteiger charge is -2.35. The summed E-state index contributed by atoms with van der Waals surface area (Å²) in [6, 6.07) is 8.14. The van der Waals surface area contributed by atoms with E-state index in [0.717, 1.165) is 30.1 Å². The molecular formula is C20H26N4O2. The molecule has 0 radical (unpaired) electrons. The normalized spacial score (nSPS) is 17.0. The summed E-state index contributed by atoms with van der Waals surface area (Å²) in [6.45, 7) is 3.60. The van der Waals surface area contributed by atoms with Crippen LogP contribution >= 0.6 is 0 Å². The maximum atomic E-state index is 12.4. The van der Waals surface area contributed by atoms with E-state index in [0.29, 0.717) is 18.3 Å². The number of nitrogens with zero attached hydrogens (tertiary/aromatic N) is 3. The van der Waals surface area contributed by atoms with Crippen LogP contribution < -0.4 is 15.0 Å². The van der Waals surface area contributed by atoms with Crippen molar-refractivity contribution in [2.45, 2.75) is 45.2 Å². The lowest BCUT2D eigenvalue weighted by atomic mass is 10.0. The molecule has 1 unspecified atom stereocenters. The number of benzene rings is 1. The number of rotatable bonds is 6. The van der Waals surface area contributed by atoms with Crippen LogP contribution in [0.3, 0.4) is 0 Å². The predicted octanol–water partition coefficient (Wildman–Crippen LogP) is 3.18. The zero-order valence-electron chi connectivity index (χ0n) is 15.4. The molecule has 1 fully saturated rings. The highest BCUT2D eigenvalue weighted by Crippen LogP contribution is 2.24. The number of para-hydroxylation sites is 1. The number of anilines is 1. The van der Waals surface area contributed by atoms with E-state index in [1.165, 1.54) is 19.3 Å². The SMILES string of the molecule is CCC1CCCCN1c1cnc(C(=O)NCc2ccccc2OC)cn1. The fourth-order valence-corrected chi connectivity index (χ4v) is 3.43. The van der Waals surface area contributed by atoms with Crippen LogP contribution in [0.5, 0.6) is 5.75 Å². The number of ether oxygens (including phenoxy) is 1. The van der Waals surface area contributed by atoms with Gasteiger partial charge in [0.05, 0.1) is 19.5 Å². The number of carbonyl (C=O) groups is 1. The highest BCUT2D eigenvalue weighted by atomic mass is 16.5. The summed E-state index contributed by atoms with van der Waals surface area (Å²) >= 11 is 0. The number of aromatic nitrogens is 2. The maximum absolute atomic E-state index is 12.4. The van der Waals surface area contributed by atoms with Gasteiger partial charge in [-0.2, -0.15) is 0 Å². The highest BCUT2D eigenvalue weighted by molar-refractivity contribution is 5.92. The molecule has 1 aliphatic rings. The van der Waals surface area contributed by atoms with E-state index in [2.05, 4.69) is 27.1 Å². The smallest absolute Gasteiger partial charge is 0.271 e. The average molecular weight is 354 g/mol. The van der Waals surface area contributed by atoms with Crippen LogP contribution in [0.4, 0.5) is 5.82 Å². The van der Waals surface area contributed by atoms with Crippen molar-refractivity contribution in [3.63, 3.8) is 0 Å². The number of hydrogen-bond acceptors (Lipinski definition) is 5. The summed E-state index contributed by atoms with van der Waals surface area (Å²) < 4.78 is 5.30. The van der Waals surface area contributed by atoms with Gasteiger partial charge in [0.1, 0.15) is 17.3 Å². The van der Waals surface area contributed by atoms with Gasteiger partial charge in [-0.25, -0.2) is 9.97 Å². The van der Waals surface area contributed by atoms with E-state index in [1.807, 2.05) is 24.3 Å². The fourth-order valence-electron chi connectivity index (χ4n) is 3.43. The van der Waals surface area contributed by atoms with Crippen LogP contribution in [0.1, 0.15) is 48.7 Å². The summed E-state index contributed by atoms with van der Waals surface area (Å²) in [5, 5.41) is 2.87. The second-order valence-electron chi connectivity index (χ2n) is 6.51. The van der Waals surface area contributed by atoms with Gasteiger partial charge in [-0.05, 0) is 31.7 Å². The summed E-state index contributed by atoms with van der Waals surface area (Å²) in [6.07, 6.45) is 8.02. The molecule has 3 rings (SSSR count). The molecule has 0 spiro atoms. The quantitative estimate of drug-likeness (QED) is 0.863. The van der Waals surface area contributed by atoms with Gasteiger partial charge in [0.2, 0.25) is 0 Å². The number of hydrogen-bond donors (Lipinski definition) is 1. The summed E-state index contributed by atoms with van der Waals surface area (Å²) in [5.74, 6) is 1.38. The van der Waals surface area contributed by atoms with Crippen molar-refractivity contribution in [2.75, 3.05) is 18.6 Å². The van der Waals surface area contributed by atoms with E-state index in [-0.39, 0.29) is 5.91 Å². The first-order valence-corrected chi connectivity index (χ1v) is 9.21. The van der Waals surface area contributed by atoms with E-state index >= 15 is 0 Å². The number of nitrogens with one attached hydrogen (secondary N) is 1. The minimum absolute atomic E-state index is 0.236. The van der Waals surface area contributed by atoms with Gasteiger partial charge in [0.15, 0.2) is 0 Å². The highest BCUT2D eigenvalue weighted by Gasteiger charge is 2.22. The molecule has 2 heterocycles. The van der Waals surface area contributed by atoms with Crippen LogP contribution in [-0.2, 0) is 6.54 Å². The Bertz CT molecular complexity index is 733. The molecule has 138 valence electrons. The molecule has 0 bridgehead atoms. The van der Waals surface area contributed by atoms with Crippen molar-refractivity contribution in [3.05, 3.63) is 47.9 Å². The third-order valence-corrected chi connectivity index (χ3v) is 4.90. The molecular weight excluding hydrogens is 328 g/mol. The van der Waals surface area contributed by atoms with Gasteiger partial charge >= 0.3 is 0 Å². The monoisotopic (exact) mass is 354 g/mol. The second kappa shape index (κ2) is 8.65. The van der Waals surface area contributed by atoms with Crippen molar-refractivity contribution >= 4 is 11.7 Å². The molecule has 1 aromatic carbocycles. The van der Waals surface area contributed by atoms with Crippen LogP contribution in [0, 0.1) is 0 Å². The van der Waals surface area contributed by atoms with Crippen LogP contribution in [0.15, 0.2) is 36.7 Å². The van der Waals surface area contributed by atoms with Crippen LogP contribution in [0.25, 0.3) is 0 Å². The van der Waals surface area contributed by atoms with Crippen molar-refractivity contribution < 1.29 is 9.53 Å². The summed E-state index contributed by atoms with van der Waals surface area (Å²) in [4.78, 5) is 23.5. The molecule has 1 atom stereocenters. The van der Waals surface area contributed by atoms with Crippen molar-refractivity contribution in [1.82, 2.24) is 15.3 Å². The van der Waals surface area contributed by atoms with E-state index in [9.17, 15) is 4.79 Å². The Morgan fingerprint density at radius 3 is 2.85 bits per heavy atom. The zero-order chi connectivity index (χ0) is 18.4. The van der Waals surface area contributed by atoms with Gasteiger partial charge in [0.25, 0.3) is 5.91 Å². The molecule has 6 nitrogen and oxygen atoms in total. The van der Waals surface area contributed by atoms with E-state index in [1.54, 1.807) is 19.5 Å². The summed E-state index contributed by atoms with van der Waals surface area (Å²) in [5.41, 5.74) is 1.25. The topological polar surface area (TPSA) is 67.4 Å². The molecule has 6 heteroatoms. The standard InChI is InChI=1S/C20H26N4O2/c1-3-16-9-6-7-11-24(16)19-14-21-17(13-22-19)20(25)23-12-15-8-4-5-10-18(15)26-2/h4-5,8,10,13-14,16H,3,6-7,9,11-12H2,1-2H3,(H,23,25). The van der Waals surface area contributed by atoms with Gasteiger partial charge in [-0.15, -0.1) is 0 Å². The molecule has 0 saturated carbocycles. The Labute approximate surface area is 154 Å². The molecule has 26 heavy (non-hydrogen) atoms. The summed E-state index contributed by atoms with van der Waals surface area (Å²) in [7, 11) is 1.62. The molecule has 1 N–H and O–H groups in total. The Morgan fingerprint density at radius 2 is 2.12 bits per heavy atom. The van der Waals surface area contributed by atoms with Crippen molar-refractivity contribution in [3.8, 4) is 5.75 Å². The van der Waals surface area contributed by atoms with Gasteiger partial charge < -0.3 is 15.0 Å². The number of piperidine rings is 1. The number of carbonyl (C=O) groups excluding carboxylic acids is 1. The second-order valence-corrected chi connectivity index (χ2v) is 6.51. The first kappa shape index (κ1) is 18.2. The molecule has 0 aliphatic carbocycles. The van der Waals surface area contributed by atoms with Crippen LogP contribution in [-0.4, -0.2) is 35.6 Å². The predicted molar refractivity (Wildman–Crippen MR) is 101 cm³/mol. The average Bonchev–Trinajstić information content (AvgIpc) is 2.72. The zero-order valence-corrected chi connectivity index (χ0v) is 15.4. The molecule has 1 aromatic heterocycles. The number of amides is 1. The first-order chi connectivity index (χ1) is 12.7. The third kappa shape index (κ3) is 4.12. The Morgan fingerprint density at radius 1 is 1.27 bits per heavy atom. The molecule has 2 aromatic rings. The first-order valence-electron chi connectivity index (χ1n) is 9.21. The van der Waals surface area contributed by atoms with Crippen LogP contribution in [0.2, 0.25) is 0 Å². The van der Waals surface area contributed by atoms with Gasteiger partial charge in [0, 0.05) is 24.7 Å². The van der Waals surface area contributed by atoms with Gasteiger partial charge in [-0.3, -0.25) is 4.79 Å². The lowest BCUT2D eigenvalue weighted by Crippen LogP contribution is -2.39. The van der Waals surface area contributed by atoms with Crippen molar-refractivity contribution in [2.24, 2.45) is 0 Å². The van der Waals surface area contributed by atoms with E-state index < -0.39 is 0 Å². The molecule has 1 aliphatic heterocycles.